The molecule has 1 aromatic rings. The van der Waals surface area contributed by atoms with Gasteiger partial charge < -0.3 is 0 Å². The van der Waals surface area contributed by atoms with Crippen molar-refractivity contribution < 1.29 is 4.79 Å². The van der Waals surface area contributed by atoms with Crippen molar-refractivity contribution >= 4 is 24.5 Å². The number of hydrazine groups is 1. The number of amides is 1. The lowest BCUT2D eigenvalue weighted by molar-refractivity contribution is -0.109. The van der Waals surface area contributed by atoms with E-state index in [0.717, 1.165) is 11.4 Å². The second-order valence-corrected chi connectivity index (χ2v) is 4.17. The predicted octanol–water partition coefficient (Wildman–Crippen LogP) is 2.38. The minimum absolute atomic E-state index is 0. The molecule has 3 nitrogen and oxygen atoms in total. The van der Waals surface area contributed by atoms with Gasteiger partial charge in [0, 0.05) is 11.1 Å². The van der Waals surface area contributed by atoms with E-state index >= 15 is 0 Å². The van der Waals surface area contributed by atoms with Gasteiger partial charge in [-0.15, -0.1) is 12.4 Å². The van der Waals surface area contributed by atoms with Crippen LogP contribution < -0.4 is 10.4 Å². The Bertz CT molecular complexity index is 429. The number of hydrogen-bond acceptors (Lipinski definition) is 2. The Morgan fingerprint density at radius 2 is 2.00 bits per heavy atom. The fraction of sp³-hybridized carbons (Fsp3) is 0.250. The molecule has 86 valence electrons. The molecule has 1 N–H and O–H groups in total. The van der Waals surface area contributed by atoms with E-state index in [1.165, 1.54) is 5.56 Å². The predicted molar refractivity (Wildman–Crippen MR) is 67.5 cm³/mol. The zero-order valence-corrected chi connectivity index (χ0v) is 10.2. The van der Waals surface area contributed by atoms with Gasteiger partial charge in [0.05, 0.1) is 5.69 Å². The highest BCUT2D eigenvalue weighted by molar-refractivity contribution is 5.85. The number of nitrogens with zero attached hydrogens (tertiary/aromatic N) is 1. The number of fused-ring (bicyclic) bond motifs is 1. The third-order valence-corrected chi connectivity index (χ3v) is 2.99. The van der Waals surface area contributed by atoms with Crippen LogP contribution in [0.3, 0.4) is 0 Å². The topological polar surface area (TPSA) is 32.3 Å². The summed E-state index contributed by atoms with van der Waals surface area (Å²) in [6.45, 7) is 8.22. The van der Waals surface area contributed by atoms with Gasteiger partial charge in [-0.1, -0.05) is 38.6 Å². The molecule has 1 heterocycles. The molecule has 0 saturated heterocycles. The quantitative estimate of drug-likeness (QED) is 0.803. The Labute approximate surface area is 102 Å². The van der Waals surface area contributed by atoms with E-state index in [9.17, 15) is 4.79 Å². The van der Waals surface area contributed by atoms with Gasteiger partial charge in [-0.2, -0.15) is 0 Å². The van der Waals surface area contributed by atoms with Crippen LogP contribution in [0.4, 0.5) is 5.69 Å². The molecule has 0 saturated carbocycles. The van der Waals surface area contributed by atoms with Crippen molar-refractivity contribution in [3.05, 3.63) is 42.1 Å². The number of allylic oxidation sites excluding steroid dienone is 1. The number of carbonyl (C=O) groups is 1. The lowest BCUT2D eigenvalue weighted by atomic mass is 9.85. The van der Waals surface area contributed by atoms with Crippen molar-refractivity contribution in [2.24, 2.45) is 0 Å². The van der Waals surface area contributed by atoms with Crippen LogP contribution in [0.2, 0.25) is 0 Å². The maximum Gasteiger partial charge on any atom is 0.226 e. The molecular formula is C12H15ClN2O. The maximum atomic E-state index is 10.5. The highest BCUT2D eigenvalue weighted by atomic mass is 35.5. The highest BCUT2D eigenvalue weighted by Crippen LogP contribution is 2.45. The van der Waals surface area contributed by atoms with E-state index < -0.39 is 0 Å². The van der Waals surface area contributed by atoms with Gasteiger partial charge in [0.1, 0.15) is 0 Å². The van der Waals surface area contributed by atoms with Gasteiger partial charge in [0.2, 0.25) is 6.41 Å². The van der Waals surface area contributed by atoms with E-state index in [0.29, 0.717) is 6.41 Å². The monoisotopic (exact) mass is 238 g/mol. The number of benzene rings is 1. The molecule has 2 rings (SSSR count). The summed E-state index contributed by atoms with van der Waals surface area (Å²) in [4.78, 5) is 10.5. The summed E-state index contributed by atoms with van der Waals surface area (Å²) in [5.41, 5.74) is 5.60. The zero-order valence-electron chi connectivity index (χ0n) is 9.36. The van der Waals surface area contributed by atoms with E-state index in [1.54, 1.807) is 5.01 Å². The molecule has 0 spiro atoms. The van der Waals surface area contributed by atoms with Gasteiger partial charge in [0.25, 0.3) is 0 Å². The smallest absolute Gasteiger partial charge is 0.226 e. The van der Waals surface area contributed by atoms with E-state index in [1.807, 2.05) is 18.2 Å². The molecule has 0 bridgehead atoms. The van der Waals surface area contributed by atoms with E-state index in [-0.39, 0.29) is 17.8 Å². The van der Waals surface area contributed by atoms with Gasteiger partial charge in [-0.05, 0) is 11.6 Å². The molecular weight excluding hydrogens is 224 g/mol. The highest BCUT2D eigenvalue weighted by Gasteiger charge is 2.38. The average Bonchev–Trinajstić information content (AvgIpc) is 2.42. The van der Waals surface area contributed by atoms with Gasteiger partial charge in [-0.25, -0.2) is 0 Å². The minimum atomic E-state index is -0.132. The van der Waals surface area contributed by atoms with E-state index in [4.69, 9.17) is 0 Å². The van der Waals surface area contributed by atoms with Crippen molar-refractivity contribution in [2.75, 3.05) is 5.01 Å². The molecule has 0 radical (unpaired) electrons. The second-order valence-electron chi connectivity index (χ2n) is 4.17. The average molecular weight is 239 g/mol. The molecule has 1 aromatic carbocycles. The van der Waals surface area contributed by atoms with Crippen LogP contribution in [0.25, 0.3) is 0 Å². The number of rotatable bonds is 2. The minimum Gasteiger partial charge on any atom is -0.277 e. The van der Waals surface area contributed by atoms with Gasteiger partial charge in [0.15, 0.2) is 0 Å². The van der Waals surface area contributed by atoms with Gasteiger partial charge >= 0.3 is 0 Å². The van der Waals surface area contributed by atoms with Crippen molar-refractivity contribution in [3.63, 3.8) is 0 Å². The van der Waals surface area contributed by atoms with Crippen molar-refractivity contribution in [1.29, 1.82) is 0 Å². The lowest BCUT2D eigenvalue weighted by Gasteiger charge is -2.24. The molecule has 1 aliphatic rings. The van der Waals surface area contributed by atoms with Crippen LogP contribution in [0.5, 0.6) is 0 Å². The molecule has 0 aliphatic carbocycles. The summed E-state index contributed by atoms with van der Waals surface area (Å²) < 4.78 is 0. The lowest BCUT2D eigenvalue weighted by Crippen LogP contribution is -2.36. The number of nitrogens with one attached hydrogen (secondary N) is 1. The summed E-state index contributed by atoms with van der Waals surface area (Å²) >= 11 is 0. The first-order chi connectivity index (χ1) is 7.09. The summed E-state index contributed by atoms with van der Waals surface area (Å²) in [6.07, 6.45) is 0.670. The number of hydrogen-bond donors (Lipinski definition) is 1. The molecule has 0 unspecified atom stereocenters. The summed E-state index contributed by atoms with van der Waals surface area (Å²) in [7, 11) is 0. The number of halogens is 1. The fourth-order valence-corrected chi connectivity index (χ4v) is 1.98. The SMILES string of the molecule is C=C1N(NC=O)c2ccccc2C1(C)C.Cl. The third kappa shape index (κ3) is 1.57. The first-order valence-electron chi connectivity index (χ1n) is 4.88. The molecule has 0 fully saturated rings. The standard InChI is InChI=1S/C12H14N2O.ClH/c1-9-12(2,3)10-6-4-5-7-11(10)14(9)13-8-15;/h4-8H,1H2,2-3H3,(H,13,15);1H. The summed E-state index contributed by atoms with van der Waals surface area (Å²) in [6, 6.07) is 7.99. The summed E-state index contributed by atoms with van der Waals surface area (Å²) in [5, 5.41) is 1.74. The summed E-state index contributed by atoms with van der Waals surface area (Å²) in [5.74, 6) is 0. The Hall–Kier alpha value is -1.48. The van der Waals surface area contributed by atoms with Crippen molar-refractivity contribution in [1.82, 2.24) is 5.43 Å². The largest absolute Gasteiger partial charge is 0.277 e. The normalized spacial score (nSPS) is 16.4. The van der Waals surface area contributed by atoms with Crippen LogP contribution >= 0.6 is 12.4 Å². The molecule has 4 heteroatoms. The van der Waals surface area contributed by atoms with Crippen molar-refractivity contribution in [2.45, 2.75) is 19.3 Å². The van der Waals surface area contributed by atoms with Gasteiger partial charge in [-0.3, -0.25) is 15.2 Å². The Balaban J connectivity index is 0.00000128. The maximum absolute atomic E-state index is 10.5. The molecule has 1 aliphatic heterocycles. The van der Waals surface area contributed by atoms with Crippen LogP contribution in [0.15, 0.2) is 36.5 Å². The first kappa shape index (κ1) is 12.6. The van der Waals surface area contributed by atoms with Crippen LogP contribution in [0, 0.1) is 0 Å². The third-order valence-electron chi connectivity index (χ3n) is 2.99. The Morgan fingerprint density at radius 3 is 2.62 bits per heavy atom. The Kier molecular flexibility index (Phi) is 3.29. The van der Waals surface area contributed by atoms with Crippen LogP contribution in [0.1, 0.15) is 19.4 Å². The fourth-order valence-electron chi connectivity index (χ4n) is 1.98. The van der Waals surface area contributed by atoms with Crippen molar-refractivity contribution in [3.8, 4) is 0 Å². The number of carbonyl (C=O) groups excluding carboxylic acids is 1. The molecule has 0 aromatic heterocycles. The van der Waals surface area contributed by atoms with E-state index in [2.05, 4.69) is 31.9 Å². The molecule has 1 amide bonds. The second kappa shape index (κ2) is 4.18. The first-order valence-corrected chi connectivity index (χ1v) is 4.88. The number of para-hydroxylation sites is 1. The molecule has 0 atom stereocenters. The number of anilines is 1. The zero-order chi connectivity index (χ0) is 11.1. The molecule has 16 heavy (non-hydrogen) atoms. The Morgan fingerprint density at radius 1 is 1.38 bits per heavy atom. The van der Waals surface area contributed by atoms with Crippen LogP contribution in [-0.2, 0) is 10.2 Å². The van der Waals surface area contributed by atoms with Crippen LogP contribution in [-0.4, -0.2) is 6.41 Å².